The lowest BCUT2D eigenvalue weighted by atomic mass is 9.89. The average molecular weight is 339 g/mol. The maximum absolute atomic E-state index is 12.2. The molecule has 1 amide bonds. The summed E-state index contributed by atoms with van der Waals surface area (Å²) in [6, 6.07) is 8.00. The molecule has 2 saturated heterocycles. The molecule has 5 nitrogen and oxygen atoms in total. The molecule has 6 heteroatoms. The summed E-state index contributed by atoms with van der Waals surface area (Å²) in [4.78, 5) is 23.5. The molecule has 2 bridgehead atoms. The zero-order chi connectivity index (χ0) is 15.5. The van der Waals surface area contributed by atoms with Crippen LogP contribution < -0.4 is 10.6 Å². The normalized spacial score (nSPS) is 25.3. The molecule has 0 aromatic heterocycles. The number of carbonyl (C=O) groups is 2. The van der Waals surface area contributed by atoms with Crippen molar-refractivity contribution in [1.29, 1.82) is 0 Å². The Bertz CT molecular complexity index is 549. The van der Waals surface area contributed by atoms with Crippen LogP contribution in [-0.2, 0) is 9.53 Å². The van der Waals surface area contributed by atoms with E-state index >= 15 is 0 Å². The van der Waals surface area contributed by atoms with E-state index in [2.05, 4.69) is 15.4 Å². The molecule has 23 heavy (non-hydrogen) atoms. The van der Waals surface area contributed by atoms with Gasteiger partial charge < -0.3 is 15.4 Å². The van der Waals surface area contributed by atoms with E-state index in [0.29, 0.717) is 30.0 Å². The second-order valence-corrected chi connectivity index (χ2v) is 6.30. The van der Waals surface area contributed by atoms with Crippen LogP contribution in [0.5, 0.6) is 0 Å². The van der Waals surface area contributed by atoms with Crippen LogP contribution in [0.2, 0.25) is 0 Å². The maximum Gasteiger partial charge on any atom is 0.337 e. The number of hydrogen-bond acceptors (Lipinski definition) is 4. The van der Waals surface area contributed by atoms with Gasteiger partial charge in [-0.3, -0.25) is 4.79 Å². The molecule has 2 atom stereocenters. The van der Waals surface area contributed by atoms with Crippen molar-refractivity contribution in [3.63, 3.8) is 0 Å². The zero-order valence-corrected chi connectivity index (χ0v) is 14.0. The van der Waals surface area contributed by atoms with Crippen molar-refractivity contribution in [3.05, 3.63) is 29.8 Å². The van der Waals surface area contributed by atoms with Gasteiger partial charge in [-0.1, -0.05) is 0 Å². The Hall–Kier alpha value is -1.59. The summed E-state index contributed by atoms with van der Waals surface area (Å²) in [6.07, 6.45) is 5.28. The SMILES string of the molecule is COC(=O)c1ccc(NC(=O)CC2CC3CCC(C2)N3)cc1.Cl. The Morgan fingerprint density at radius 2 is 1.78 bits per heavy atom. The number of piperidine rings is 1. The number of anilines is 1. The highest BCUT2D eigenvalue weighted by atomic mass is 35.5. The molecule has 0 spiro atoms. The van der Waals surface area contributed by atoms with Gasteiger partial charge in [0.1, 0.15) is 0 Å². The van der Waals surface area contributed by atoms with Gasteiger partial charge in [-0.15, -0.1) is 12.4 Å². The Kier molecular flexibility index (Phi) is 6.02. The number of rotatable bonds is 4. The number of halogens is 1. The standard InChI is InChI=1S/C17H22N2O3.ClH/c1-22-17(21)12-2-4-13(5-3-12)19-16(20)10-11-8-14-6-7-15(9-11)18-14;/h2-5,11,14-15,18H,6-10H2,1H3,(H,19,20);1H. The van der Waals surface area contributed by atoms with E-state index in [0.717, 1.165) is 18.5 Å². The molecule has 2 N–H and O–H groups in total. The number of amides is 1. The van der Waals surface area contributed by atoms with Crippen LogP contribution in [0.15, 0.2) is 24.3 Å². The van der Waals surface area contributed by atoms with Crippen molar-refractivity contribution >= 4 is 30.0 Å². The molecular weight excluding hydrogens is 316 g/mol. The average Bonchev–Trinajstić information content (AvgIpc) is 2.86. The summed E-state index contributed by atoms with van der Waals surface area (Å²) < 4.78 is 4.65. The fourth-order valence-corrected chi connectivity index (χ4v) is 3.62. The maximum atomic E-state index is 12.2. The predicted molar refractivity (Wildman–Crippen MR) is 90.9 cm³/mol. The lowest BCUT2D eigenvalue weighted by molar-refractivity contribution is -0.117. The van der Waals surface area contributed by atoms with E-state index in [4.69, 9.17) is 0 Å². The zero-order valence-electron chi connectivity index (χ0n) is 13.2. The number of benzene rings is 1. The quantitative estimate of drug-likeness (QED) is 0.828. The van der Waals surface area contributed by atoms with Crippen molar-refractivity contribution in [1.82, 2.24) is 5.32 Å². The monoisotopic (exact) mass is 338 g/mol. The summed E-state index contributed by atoms with van der Waals surface area (Å²) in [7, 11) is 1.35. The van der Waals surface area contributed by atoms with Crippen LogP contribution in [0, 0.1) is 5.92 Å². The third-order valence-electron chi connectivity index (χ3n) is 4.63. The summed E-state index contributed by atoms with van der Waals surface area (Å²) >= 11 is 0. The summed E-state index contributed by atoms with van der Waals surface area (Å²) in [6.45, 7) is 0. The Morgan fingerprint density at radius 1 is 1.17 bits per heavy atom. The first-order valence-electron chi connectivity index (χ1n) is 7.88. The predicted octanol–water partition coefficient (Wildman–Crippen LogP) is 2.75. The second kappa shape index (κ2) is 7.79. The topological polar surface area (TPSA) is 67.4 Å². The highest BCUT2D eigenvalue weighted by molar-refractivity contribution is 5.93. The first-order chi connectivity index (χ1) is 10.6. The third kappa shape index (κ3) is 4.45. The van der Waals surface area contributed by atoms with Crippen molar-refractivity contribution in [2.75, 3.05) is 12.4 Å². The van der Waals surface area contributed by atoms with Crippen LogP contribution in [0.1, 0.15) is 42.5 Å². The summed E-state index contributed by atoms with van der Waals surface area (Å²) in [5.41, 5.74) is 1.20. The third-order valence-corrected chi connectivity index (χ3v) is 4.63. The van der Waals surface area contributed by atoms with Gasteiger partial charge in [-0.05, 0) is 55.9 Å². The van der Waals surface area contributed by atoms with Crippen LogP contribution in [-0.4, -0.2) is 31.1 Å². The minimum absolute atomic E-state index is 0. The molecule has 2 unspecified atom stereocenters. The fourth-order valence-electron chi connectivity index (χ4n) is 3.62. The number of nitrogens with one attached hydrogen (secondary N) is 2. The second-order valence-electron chi connectivity index (χ2n) is 6.30. The molecular formula is C17H23ClN2O3. The van der Waals surface area contributed by atoms with E-state index in [9.17, 15) is 9.59 Å². The summed E-state index contributed by atoms with van der Waals surface area (Å²) in [5, 5.41) is 6.50. The van der Waals surface area contributed by atoms with E-state index in [1.54, 1.807) is 24.3 Å². The van der Waals surface area contributed by atoms with Crippen LogP contribution in [0.4, 0.5) is 5.69 Å². The summed E-state index contributed by atoms with van der Waals surface area (Å²) in [5.74, 6) is 0.160. The van der Waals surface area contributed by atoms with Gasteiger partial charge >= 0.3 is 5.97 Å². The number of carbonyl (C=O) groups excluding carboxylic acids is 2. The van der Waals surface area contributed by atoms with E-state index < -0.39 is 0 Å². The van der Waals surface area contributed by atoms with E-state index in [1.165, 1.54) is 20.0 Å². The molecule has 2 aliphatic rings. The Morgan fingerprint density at radius 3 is 2.35 bits per heavy atom. The highest BCUT2D eigenvalue weighted by Crippen LogP contribution is 2.32. The van der Waals surface area contributed by atoms with Gasteiger partial charge in [0.2, 0.25) is 5.91 Å². The van der Waals surface area contributed by atoms with Gasteiger partial charge in [-0.25, -0.2) is 4.79 Å². The van der Waals surface area contributed by atoms with Crippen molar-refractivity contribution in [2.45, 2.75) is 44.2 Å². The minimum Gasteiger partial charge on any atom is -0.465 e. The van der Waals surface area contributed by atoms with E-state index in [1.807, 2.05) is 0 Å². The van der Waals surface area contributed by atoms with Crippen LogP contribution >= 0.6 is 12.4 Å². The molecule has 126 valence electrons. The largest absolute Gasteiger partial charge is 0.465 e. The van der Waals surface area contributed by atoms with Crippen molar-refractivity contribution in [3.8, 4) is 0 Å². The number of methoxy groups -OCH3 is 1. The van der Waals surface area contributed by atoms with Crippen molar-refractivity contribution < 1.29 is 14.3 Å². The number of hydrogen-bond donors (Lipinski definition) is 2. The van der Waals surface area contributed by atoms with Gasteiger partial charge in [0.25, 0.3) is 0 Å². The molecule has 2 aliphatic heterocycles. The van der Waals surface area contributed by atoms with E-state index in [-0.39, 0.29) is 24.3 Å². The van der Waals surface area contributed by atoms with Crippen LogP contribution in [0.3, 0.4) is 0 Å². The van der Waals surface area contributed by atoms with Gasteiger partial charge in [0.15, 0.2) is 0 Å². The molecule has 1 aromatic carbocycles. The van der Waals surface area contributed by atoms with Crippen LogP contribution in [0.25, 0.3) is 0 Å². The number of fused-ring (bicyclic) bond motifs is 2. The lowest BCUT2D eigenvalue weighted by Crippen LogP contribution is -2.39. The smallest absolute Gasteiger partial charge is 0.337 e. The fraction of sp³-hybridized carbons (Fsp3) is 0.529. The van der Waals surface area contributed by atoms with Gasteiger partial charge in [-0.2, -0.15) is 0 Å². The minimum atomic E-state index is -0.372. The Balaban J connectivity index is 0.00000192. The molecule has 2 fully saturated rings. The molecule has 1 aromatic rings. The molecule has 3 rings (SSSR count). The number of esters is 1. The molecule has 0 aliphatic carbocycles. The molecule has 0 saturated carbocycles. The van der Waals surface area contributed by atoms with Gasteiger partial charge in [0, 0.05) is 24.2 Å². The lowest BCUT2D eigenvalue weighted by Gasteiger charge is -2.28. The first kappa shape index (κ1) is 17.8. The highest BCUT2D eigenvalue weighted by Gasteiger charge is 2.34. The Labute approximate surface area is 142 Å². The van der Waals surface area contributed by atoms with Crippen molar-refractivity contribution in [2.24, 2.45) is 5.92 Å². The van der Waals surface area contributed by atoms with Gasteiger partial charge in [0.05, 0.1) is 12.7 Å². The number of ether oxygens (including phenoxy) is 1. The first-order valence-corrected chi connectivity index (χ1v) is 7.88. The molecule has 0 radical (unpaired) electrons. The molecule has 2 heterocycles.